The lowest BCUT2D eigenvalue weighted by molar-refractivity contribution is 0.625. The van der Waals surface area contributed by atoms with Crippen LogP contribution in [0.25, 0.3) is 0 Å². The molecule has 1 aliphatic rings. The van der Waals surface area contributed by atoms with E-state index in [1.54, 1.807) is 23.5 Å². The van der Waals surface area contributed by atoms with E-state index in [9.17, 15) is 4.39 Å². The van der Waals surface area contributed by atoms with Crippen LogP contribution in [-0.4, -0.2) is 11.5 Å². The Balaban J connectivity index is 1.73. The normalized spacial score (nSPS) is 19.3. The molecule has 3 rings (SSSR count). The predicted molar refractivity (Wildman–Crippen MR) is 71.3 cm³/mol. The minimum Gasteiger partial charge on any atom is -0.309 e. The molecule has 4 heteroatoms. The Morgan fingerprint density at radius 2 is 2.39 bits per heavy atom. The average molecular weight is 262 g/mol. The molecule has 1 aromatic heterocycles. The van der Waals surface area contributed by atoms with Crippen LogP contribution < -0.4 is 5.32 Å². The van der Waals surface area contributed by atoms with Gasteiger partial charge in [0.15, 0.2) is 0 Å². The Labute approximate surface area is 110 Å². The van der Waals surface area contributed by atoms with Crippen molar-refractivity contribution in [3.8, 4) is 0 Å². The van der Waals surface area contributed by atoms with Crippen molar-refractivity contribution < 1.29 is 4.39 Å². The van der Waals surface area contributed by atoms with Crippen molar-refractivity contribution in [3.05, 3.63) is 51.7 Å². The van der Waals surface area contributed by atoms with Gasteiger partial charge >= 0.3 is 0 Å². The second-order valence-corrected chi connectivity index (χ2v) is 5.56. The highest BCUT2D eigenvalue weighted by molar-refractivity contribution is 7.09. The molecule has 1 saturated heterocycles. The number of nitrogens with zero attached hydrogens (tertiary/aromatic N) is 1. The summed E-state index contributed by atoms with van der Waals surface area (Å²) < 4.78 is 13.1. The molecular weight excluding hydrogens is 247 g/mol. The number of benzene rings is 1. The van der Waals surface area contributed by atoms with Gasteiger partial charge in [0, 0.05) is 11.8 Å². The maximum atomic E-state index is 13.1. The molecule has 1 N–H and O–H groups in total. The summed E-state index contributed by atoms with van der Waals surface area (Å²) in [4.78, 5) is 4.65. The Morgan fingerprint density at radius 1 is 1.44 bits per heavy atom. The molecule has 0 radical (unpaired) electrons. The summed E-state index contributed by atoms with van der Waals surface area (Å²) in [5.74, 6) is -0.179. The van der Waals surface area contributed by atoms with Gasteiger partial charge in [0.2, 0.25) is 0 Å². The third-order valence-corrected chi connectivity index (χ3v) is 4.10. The minimum absolute atomic E-state index is 0.179. The van der Waals surface area contributed by atoms with Crippen LogP contribution in [0.1, 0.15) is 35.1 Å². The van der Waals surface area contributed by atoms with Gasteiger partial charge in [-0.15, -0.1) is 11.3 Å². The van der Waals surface area contributed by atoms with Gasteiger partial charge in [-0.3, -0.25) is 0 Å². The molecule has 94 valence electrons. The van der Waals surface area contributed by atoms with Crippen LogP contribution in [0.3, 0.4) is 0 Å². The van der Waals surface area contributed by atoms with Gasteiger partial charge in [0.05, 0.1) is 16.7 Å². The lowest BCUT2D eigenvalue weighted by atomic mass is 10.1. The molecule has 18 heavy (non-hydrogen) atoms. The zero-order valence-electron chi connectivity index (χ0n) is 10.0. The summed E-state index contributed by atoms with van der Waals surface area (Å²) in [6.07, 6.45) is 3.11. The van der Waals surface area contributed by atoms with Crippen molar-refractivity contribution in [2.75, 3.05) is 6.54 Å². The number of thiazole rings is 1. The molecule has 1 fully saturated rings. The highest BCUT2D eigenvalue weighted by Gasteiger charge is 2.18. The summed E-state index contributed by atoms with van der Waals surface area (Å²) in [5.41, 5.74) is 2.12. The first-order chi connectivity index (χ1) is 8.81. The third-order valence-electron chi connectivity index (χ3n) is 3.23. The van der Waals surface area contributed by atoms with E-state index in [1.165, 1.54) is 18.9 Å². The van der Waals surface area contributed by atoms with E-state index in [1.807, 2.05) is 6.07 Å². The van der Waals surface area contributed by atoms with Gasteiger partial charge in [-0.1, -0.05) is 12.1 Å². The molecule has 0 bridgehead atoms. The molecule has 2 nitrogen and oxygen atoms in total. The van der Waals surface area contributed by atoms with Crippen molar-refractivity contribution in [2.24, 2.45) is 0 Å². The second-order valence-electron chi connectivity index (χ2n) is 4.62. The largest absolute Gasteiger partial charge is 0.309 e. The lowest BCUT2D eigenvalue weighted by Gasteiger charge is -2.05. The minimum atomic E-state index is -0.179. The summed E-state index contributed by atoms with van der Waals surface area (Å²) in [6.45, 7) is 1.08. The van der Waals surface area contributed by atoms with Gasteiger partial charge in [0.25, 0.3) is 0 Å². The summed E-state index contributed by atoms with van der Waals surface area (Å²) in [6, 6.07) is 7.16. The summed E-state index contributed by atoms with van der Waals surface area (Å²) >= 11 is 1.66. The van der Waals surface area contributed by atoms with Gasteiger partial charge in [0.1, 0.15) is 5.82 Å². The fourth-order valence-corrected chi connectivity index (χ4v) is 3.21. The fourth-order valence-electron chi connectivity index (χ4n) is 2.32. The van der Waals surface area contributed by atoms with Crippen molar-refractivity contribution in [2.45, 2.75) is 25.3 Å². The third kappa shape index (κ3) is 2.60. The lowest BCUT2D eigenvalue weighted by Crippen LogP contribution is -2.13. The fraction of sp³-hybridized carbons (Fsp3) is 0.357. The first kappa shape index (κ1) is 11.8. The Bertz CT molecular complexity index is 532. The van der Waals surface area contributed by atoms with Crippen molar-refractivity contribution in [3.63, 3.8) is 0 Å². The predicted octanol–water partition coefficient (Wildman–Crippen LogP) is 3.30. The topological polar surface area (TPSA) is 24.9 Å². The number of hydrogen-bond acceptors (Lipinski definition) is 3. The van der Waals surface area contributed by atoms with Gasteiger partial charge in [-0.25, -0.2) is 9.37 Å². The molecule has 2 heterocycles. The molecule has 0 spiro atoms. The highest BCUT2D eigenvalue weighted by Crippen LogP contribution is 2.25. The maximum Gasteiger partial charge on any atom is 0.123 e. The monoisotopic (exact) mass is 262 g/mol. The molecule has 1 atom stereocenters. The summed E-state index contributed by atoms with van der Waals surface area (Å²) in [5, 5.41) is 6.63. The van der Waals surface area contributed by atoms with Gasteiger partial charge < -0.3 is 5.32 Å². The van der Waals surface area contributed by atoms with Crippen LogP contribution in [0.2, 0.25) is 0 Å². The molecule has 2 aromatic rings. The standard InChI is InChI=1S/C14H15FN2S/c15-11-4-1-3-10(7-11)8-14-17-13(9-18-14)12-5-2-6-16-12/h1,3-4,7,9,12,16H,2,5-6,8H2. The van der Waals surface area contributed by atoms with E-state index in [2.05, 4.69) is 15.7 Å². The van der Waals surface area contributed by atoms with Crippen LogP contribution in [0.5, 0.6) is 0 Å². The van der Waals surface area contributed by atoms with E-state index < -0.39 is 0 Å². The first-order valence-corrected chi connectivity index (χ1v) is 7.11. The molecule has 0 amide bonds. The number of rotatable bonds is 3. The number of hydrogen-bond donors (Lipinski definition) is 1. The zero-order chi connectivity index (χ0) is 12.4. The SMILES string of the molecule is Fc1cccc(Cc2nc(C3CCCN3)cs2)c1. The van der Waals surface area contributed by atoms with Gasteiger partial charge in [-0.2, -0.15) is 0 Å². The Kier molecular flexibility index (Phi) is 3.39. The smallest absolute Gasteiger partial charge is 0.123 e. The maximum absolute atomic E-state index is 13.1. The van der Waals surface area contributed by atoms with Crippen molar-refractivity contribution >= 4 is 11.3 Å². The van der Waals surface area contributed by atoms with Crippen LogP contribution in [0, 0.1) is 5.82 Å². The first-order valence-electron chi connectivity index (χ1n) is 6.23. The summed E-state index contributed by atoms with van der Waals surface area (Å²) in [7, 11) is 0. The van der Waals surface area contributed by atoms with Crippen LogP contribution >= 0.6 is 11.3 Å². The van der Waals surface area contributed by atoms with Crippen molar-refractivity contribution in [1.82, 2.24) is 10.3 Å². The van der Waals surface area contributed by atoms with Crippen LogP contribution in [0.15, 0.2) is 29.6 Å². The van der Waals surface area contributed by atoms with E-state index in [0.29, 0.717) is 6.04 Å². The highest BCUT2D eigenvalue weighted by atomic mass is 32.1. The molecule has 1 aromatic carbocycles. The van der Waals surface area contributed by atoms with E-state index in [0.717, 1.165) is 29.2 Å². The molecule has 1 unspecified atom stereocenters. The number of halogens is 1. The Morgan fingerprint density at radius 3 is 3.17 bits per heavy atom. The number of aromatic nitrogens is 1. The second kappa shape index (κ2) is 5.16. The zero-order valence-corrected chi connectivity index (χ0v) is 10.8. The Hall–Kier alpha value is -1.26. The van der Waals surface area contributed by atoms with Crippen LogP contribution in [-0.2, 0) is 6.42 Å². The van der Waals surface area contributed by atoms with Crippen LogP contribution in [0.4, 0.5) is 4.39 Å². The molecule has 0 saturated carbocycles. The molecule has 0 aliphatic carbocycles. The molecular formula is C14H15FN2S. The van der Waals surface area contributed by atoms with E-state index >= 15 is 0 Å². The molecule has 1 aliphatic heterocycles. The number of nitrogens with one attached hydrogen (secondary N) is 1. The quantitative estimate of drug-likeness (QED) is 0.918. The van der Waals surface area contributed by atoms with E-state index in [-0.39, 0.29) is 5.82 Å². The van der Waals surface area contributed by atoms with E-state index in [4.69, 9.17) is 0 Å². The van der Waals surface area contributed by atoms with Crippen molar-refractivity contribution in [1.29, 1.82) is 0 Å². The van der Waals surface area contributed by atoms with Gasteiger partial charge in [-0.05, 0) is 37.1 Å². The average Bonchev–Trinajstić information content (AvgIpc) is 2.98.